The predicted molar refractivity (Wildman–Crippen MR) is 61.8 cm³/mol. The Bertz CT molecular complexity index is 244. The summed E-state index contributed by atoms with van der Waals surface area (Å²) in [6.07, 6.45) is 1.28. The minimum absolute atomic E-state index is 0.319. The fraction of sp³-hybridized carbons (Fsp3) is 0.538. The van der Waals surface area contributed by atoms with Crippen molar-refractivity contribution in [1.29, 1.82) is 0 Å². The van der Waals surface area contributed by atoms with Crippen LogP contribution in [0.1, 0.15) is 25.8 Å². The lowest BCUT2D eigenvalue weighted by Crippen LogP contribution is -2.06. The lowest BCUT2D eigenvalue weighted by molar-refractivity contribution is 0.0476. The first-order valence-electron chi connectivity index (χ1n) is 5.52. The molecule has 0 radical (unpaired) electrons. The summed E-state index contributed by atoms with van der Waals surface area (Å²) in [5.41, 5.74) is 1.22. The van der Waals surface area contributed by atoms with Crippen LogP contribution in [0, 0.1) is 0 Å². The zero-order chi connectivity index (χ0) is 10.9. The van der Waals surface area contributed by atoms with E-state index >= 15 is 0 Å². The van der Waals surface area contributed by atoms with Crippen LogP contribution < -0.4 is 0 Å². The van der Waals surface area contributed by atoms with Gasteiger partial charge in [0.05, 0.1) is 12.7 Å². The topological polar surface area (TPSA) is 18.5 Å². The Kier molecular flexibility index (Phi) is 6.05. The molecule has 0 unspecified atom stereocenters. The van der Waals surface area contributed by atoms with Crippen LogP contribution in [0.5, 0.6) is 0 Å². The van der Waals surface area contributed by atoms with E-state index in [1.165, 1.54) is 5.56 Å². The van der Waals surface area contributed by atoms with E-state index in [1.54, 1.807) is 0 Å². The van der Waals surface area contributed by atoms with E-state index in [0.29, 0.717) is 12.7 Å². The largest absolute Gasteiger partial charge is 0.379 e. The van der Waals surface area contributed by atoms with Gasteiger partial charge in [-0.05, 0) is 25.8 Å². The molecular weight excluding hydrogens is 188 g/mol. The van der Waals surface area contributed by atoms with Gasteiger partial charge >= 0.3 is 0 Å². The third-order valence-electron chi connectivity index (χ3n) is 2.00. The molecule has 1 aromatic carbocycles. The Labute approximate surface area is 92.2 Å². The molecule has 0 bridgehead atoms. The summed E-state index contributed by atoms with van der Waals surface area (Å²) >= 11 is 0. The average molecular weight is 208 g/mol. The summed E-state index contributed by atoms with van der Waals surface area (Å²) in [5.74, 6) is 0. The van der Waals surface area contributed by atoms with Crippen molar-refractivity contribution in [2.75, 3.05) is 13.2 Å². The molecule has 0 aliphatic rings. The van der Waals surface area contributed by atoms with Crippen LogP contribution in [-0.4, -0.2) is 19.3 Å². The van der Waals surface area contributed by atoms with Crippen LogP contribution in [0.25, 0.3) is 0 Å². The molecule has 0 N–H and O–H groups in total. The summed E-state index contributed by atoms with van der Waals surface area (Å²) in [5, 5.41) is 0. The quantitative estimate of drug-likeness (QED) is 0.641. The van der Waals surface area contributed by atoms with Gasteiger partial charge in [-0.15, -0.1) is 0 Å². The van der Waals surface area contributed by atoms with Crippen LogP contribution in [0.4, 0.5) is 0 Å². The van der Waals surface area contributed by atoms with Crippen LogP contribution >= 0.6 is 0 Å². The second-order valence-electron chi connectivity index (χ2n) is 3.81. The van der Waals surface area contributed by atoms with E-state index in [2.05, 4.69) is 12.1 Å². The van der Waals surface area contributed by atoms with Gasteiger partial charge in [-0.3, -0.25) is 0 Å². The predicted octanol–water partition coefficient (Wildman–Crippen LogP) is 3.02. The van der Waals surface area contributed by atoms with Gasteiger partial charge in [-0.2, -0.15) is 0 Å². The van der Waals surface area contributed by atoms with Crippen molar-refractivity contribution >= 4 is 0 Å². The number of hydrogen-bond acceptors (Lipinski definition) is 2. The van der Waals surface area contributed by atoms with E-state index in [9.17, 15) is 0 Å². The molecule has 0 aromatic heterocycles. The third-order valence-corrected chi connectivity index (χ3v) is 2.00. The summed E-state index contributed by atoms with van der Waals surface area (Å²) in [4.78, 5) is 0. The standard InChI is InChI=1S/C13H20O2/c1-12(2)15-10-6-9-14-11-13-7-4-3-5-8-13/h3-5,7-8,12H,6,9-11H2,1-2H3. The van der Waals surface area contributed by atoms with Gasteiger partial charge in [-0.25, -0.2) is 0 Å². The molecule has 0 fully saturated rings. The van der Waals surface area contributed by atoms with Crippen molar-refractivity contribution in [3.05, 3.63) is 35.9 Å². The lowest BCUT2D eigenvalue weighted by atomic mass is 10.2. The molecule has 0 amide bonds. The van der Waals surface area contributed by atoms with Crippen LogP contribution in [0.3, 0.4) is 0 Å². The summed E-state index contributed by atoms with van der Waals surface area (Å²) in [7, 11) is 0. The number of hydrogen-bond donors (Lipinski definition) is 0. The Balaban J connectivity index is 1.98. The molecule has 1 rings (SSSR count). The molecule has 0 spiro atoms. The molecule has 0 heterocycles. The lowest BCUT2D eigenvalue weighted by Gasteiger charge is -2.07. The normalized spacial score (nSPS) is 10.9. The van der Waals surface area contributed by atoms with Gasteiger partial charge in [0.1, 0.15) is 0 Å². The Morgan fingerprint density at radius 2 is 1.80 bits per heavy atom. The van der Waals surface area contributed by atoms with Crippen LogP contribution in [0.15, 0.2) is 30.3 Å². The maximum Gasteiger partial charge on any atom is 0.0716 e. The molecule has 0 atom stereocenters. The smallest absolute Gasteiger partial charge is 0.0716 e. The van der Waals surface area contributed by atoms with E-state index in [4.69, 9.17) is 9.47 Å². The molecule has 0 saturated heterocycles. The molecule has 0 aliphatic carbocycles. The highest BCUT2D eigenvalue weighted by molar-refractivity contribution is 5.13. The second kappa shape index (κ2) is 7.43. The number of benzene rings is 1. The minimum atomic E-state index is 0.319. The van der Waals surface area contributed by atoms with Crippen molar-refractivity contribution < 1.29 is 9.47 Å². The van der Waals surface area contributed by atoms with Crippen molar-refractivity contribution in [1.82, 2.24) is 0 Å². The Hall–Kier alpha value is -0.860. The highest BCUT2D eigenvalue weighted by Crippen LogP contribution is 2.01. The molecule has 0 aliphatic heterocycles. The monoisotopic (exact) mass is 208 g/mol. The fourth-order valence-corrected chi connectivity index (χ4v) is 1.24. The molecule has 1 aromatic rings. The molecule has 15 heavy (non-hydrogen) atoms. The second-order valence-corrected chi connectivity index (χ2v) is 3.81. The maximum atomic E-state index is 5.52. The summed E-state index contributed by atoms with van der Waals surface area (Å²) < 4.78 is 10.9. The molecule has 0 saturated carbocycles. The zero-order valence-electron chi connectivity index (χ0n) is 9.61. The van der Waals surface area contributed by atoms with Gasteiger partial charge in [0.15, 0.2) is 0 Å². The average Bonchev–Trinajstić information content (AvgIpc) is 2.24. The molecule has 2 nitrogen and oxygen atoms in total. The molecule has 2 heteroatoms. The minimum Gasteiger partial charge on any atom is -0.379 e. The molecule has 84 valence electrons. The highest BCUT2D eigenvalue weighted by Gasteiger charge is 1.94. The van der Waals surface area contributed by atoms with Crippen molar-refractivity contribution in [3.63, 3.8) is 0 Å². The third kappa shape index (κ3) is 6.26. The molecular formula is C13H20O2. The Morgan fingerprint density at radius 1 is 1.07 bits per heavy atom. The zero-order valence-corrected chi connectivity index (χ0v) is 9.61. The first kappa shape index (κ1) is 12.2. The first-order chi connectivity index (χ1) is 7.29. The first-order valence-corrected chi connectivity index (χ1v) is 5.52. The Morgan fingerprint density at radius 3 is 2.47 bits per heavy atom. The fourth-order valence-electron chi connectivity index (χ4n) is 1.24. The van der Waals surface area contributed by atoms with E-state index < -0.39 is 0 Å². The van der Waals surface area contributed by atoms with Crippen molar-refractivity contribution in [3.8, 4) is 0 Å². The maximum absolute atomic E-state index is 5.52. The van der Waals surface area contributed by atoms with E-state index in [1.807, 2.05) is 32.0 Å². The number of ether oxygens (including phenoxy) is 2. The van der Waals surface area contributed by atoms with Gasteiger partial charge in [0, 0.05) is 13.2 Å². The summed E-state index contributed by atoms with van der Waals surface area (Å²) in [6.45, 7) is 6.34. The van der Waals surface area contributed by atoms with Crippen molar-refractivity contribution in [2.45, 2.75) is 33.0 Å². The van der Waals surface area contributed by atoms with E-state index in [-0.39, 0.29) is 0 Å². The van der Waals surface area contributed by atoms with Crippen LogP contribution in [-0.2, 0) is 16.1 Å². The van der Waals surface area contributed by atoms with Gasteiger partial charge in [0.25, 0.3) is 0 Å². The SMILES string of the molecule is CC(C)OCCCOCc1ccccc1. The van der Waals surface area contributed by atoms with Crippen molar-refractivity contribution in [2.24, 2.45) is 0 Å². The number of rotatable bonds is 7. The van der Waals surface area contributed by atoms with E-state index in [0.717, 1.165) is 19.6 Å². The van der Waals surface area contributed by atoms with Crippen LogP contribution in [0.2, 0.25) is 0 Å². The summed E-state index contributed by atoms with van der Waals surface area (Å²) in [6, 6.07) is 10.2. The highest BCUT2D eigenvalue weighted by atomic mass is 16.5. The van der Waals surface area contributed by atoms with Gasteiger partial charge in [0.2, 0.25) is 0 Å². The van der Waals surface area contributed by atoms with Gasteiger partial charge in [-0.1, -0.05) is 30.3 Å². The van der Waals surface area contributed by atoms with Gasteiger partial charge < -0.3 is 9.47 Å².